The van der Waals surface area contributed by atoms with Crippen LogP contribution in [0.5, 0.6) is 5.75 Å². The fourth-order valence-electron chi connectivity index (χ4n) is 3.37. The summed E-state index contributed by atoms with van der Waals surface area (Å²) in [6.07, 6.45) is 0.187. The Bertz CT molecular complexity index is 1120. The number of ether oxygens (including phenoxy) is 3. The van der Waals surface area contributed by atoms with E-state index in [9.17, 15) is 9.59 Å². The lowest BCUT2D eigenvalue weighted by atomic mass is 10.1. The molecule has 1 atom stereocenters. The number of methoxy groups -OCH3 is 1. The molecular weight excluding hydrogens is 448 g/mol. The summed E-state index contributed by atoms with van der Waals surface area (Å²) in [5.74, 6) is 1.51. The first kappa shape index (κ1) is 25.8. The normalized spacial score (nSPS) is 12.0. The number of aryl methyl sites for hydroxylation is 1. The Hall–Kier alpha value is -3.81. The van der Waals surface area contributed by atoms with E-state index < -0.39 is 23.7 Å². The van der Waals surface area contributed by atoms with Crippen LogP contribution in [-0.2, 0) is 27.1 Å². The molecule has 0 saturated carbocycles. The van der Waals surface area contributed by atoms with Gasteiger partial charge in [0.1, 0.15) is 23.2 Å². The van der Waals surface area contributed by atoms with Gasteiger partial charge in [0.2, 0.25) is 5.89 Å². The number of benzene rings is 2. The van der Waals surface area contributed by atoms with Crippen LogP contribution in [0.4, 0.5) is 4.79 Å². The summed E-state index contributed by atoms with van der Waals surface area (Å²) in [5.41, 5.74) is 1.96. The summed E-state index contributed by atoms with van der Waals surface area (Å²) in [4.78, 5) is 28.8. The molecule has 0 aliphatic rings. The van der Waals surface area contributed by atoms with Gasteiger partial charge in [-0.1, -0.05) is 30.3 Å². The minimum Gasteiger partial charge on any atom is -0.493 e. The van der Waals surface area contributed by atoms with Gasteiger partial charge in [0, 0.05) is 18.4 Å². The number of alkyl carbamates (subject to hydrolysis) is 1. The molecule has 3 rings (SSSR count). The van der Waals surface area contributed by atoms with Crippen LogP contribution in [0.3, 0.4) is 0 Å². The Morgan fingerprint density at radius 2 is 1.74 bits per heavy atom. The van der Waals surface area contributed by atoms with Gasteiger partial charge in [-0.2, -0.15) is 0 Å². The zero-order valence-electron chi connectivity index (χ0n) is 20.8. The number of nitrogens with one attached hydrogen (secondary N) is 1. The van der Waals surface area contributed by atoms with E-state index in [2.05, 4.69) is 10.3 Å². The van der Waals surface area contributed by atoms with Crippen molar-refractivity contribution in [2.45, 2.75) is 52.2 Å². The predicted octanol–water partition coefficient (Wildman–Crippen LogP) is 4.88. The van der Waals surface area contributed by atoms with Gasteiger partial charge in [0.05, 0.1) is 19.4 Å². The van der Waals surface area contributed by atoms with Gasteiger partial charge in [-0.15, -0.1) is 0 Å². The fourth-order valence-corrected chi connectivity index (χ4v) is 3.37. The quantitative estimate of drug-likeness (QED) is 0.436. The van der Waals surface area contributed by atoms with E-state index in [0.29, 0.717) is 24.7 Å². The van der Waals surface area contributed by atoms with Crippen molar-refractivity contribution in [1.29, 1.82) is 0 Å². The van der Waals surface area contributed by atoms with Crippen molar-refractivity contribution in [3.05, 3.63) is 71.6 Å². The van der Waals surface area contributed by atoms with Gasteiger partial charge in [-0.05, 0) is 57.5 Å². The number of nitrogens with zero attached hydrogens (tertiary/aromatic N) is 1. The summed E-state index contributed by atoms with van der Waals surface area (Å²) in [7, 11) is 1.28. The Balaban J connectivity index is 1.54. The molecular formula is C27H32N2O6. The molecule has 8 heteroatoms. The van der Waals surface area contributed by atoms with Crippen LogP contribution in [-0.4, -0.2) is 42.4 Å². The monoisotopic (exact) mass is 480 g/mol. The average Bonchev–Trinajstić information content (AvgIpc) is 3.19. The number of hydrogen-bond acceptors (Lipinski definition) is 7. The Kier molecular flexibility index (Phi) is 8.52. The van der Waals surface area contributed by atoms with Crippen LogP contribution in [0.15, 0.2) is 59.0 Å². The molecule has 0 bridgehead atoms. The predicted molar refractivity (Wildman–Crippen MR) is 131 cm³/mol. The molecule has 0 fully saturated rings. The third-order valence-electron chi connectivity index (χ3n) is 5.06. The van der Waals surface area contributed by atoms with E-state index in [4.69, 9.17) is 18.6 Å². The highest BCUT2D eigenvalue weighted by Crippen LogP contribution is 2.22. The lowest BCUT2D eigenvalue weighted by Gasteiger charge is -2.22. The molecule has 2 aromatic carbocycles. The van der Waals surface area contributed by atoms with E-state index in [0.717, 1.165) is 22.6 Å². The topological polar surface area (TPSA) is 99.9 Å². The summed E-state index contributed by atoms with van der Waals surface area (Å²) >= 11 is 0. The molecule has 0 saturated heterocycles. The van der Waals surface area contributed by atoms with Crippen LogP contribution in [0.1, 0.15) is 37.8 Å². The molecule has 0 spiro atoms. The maximum Gasteiger partial charge on any atom is 0.408 e. The molecule has 0 aliphatic carbocycles. The van der Waals surface area contributed by atoms with E-state index in [1.807, 2.05) is 61.5 Å². The minimum absolute atomic E-state index is 0.257. The number of amides is 1. The number of rotatable bonds is 9. The van der Waals surface area contributed by atoms with E-state index in [-0.39, 0.29) is 6.42 Å². The molecule has 0 aliphatic heterocycles. The molecule has 1 aromatic heterocycles. The molecule has 1 heterocycles. The SMILES string of the molecule is COC(=O)[C@H](Cc1ccc(OCCc2nc(-c3ccccc3)oc2C)cc1)NC(=O)OC(C)(C)C. The molecule has 0 unspecified atom stereocenters. The van der Waals surface area contributed by atoms with Crippen molar-refractivity contribution in [2.24, 2.45) is 0 Å². The van der Waals surface area contributed by atoms with Crippen LogP contribution in [0.25, 0.3) is 11.5 Å². The van der Waals surface area contributed by atoms with Crippen LogP contribution >= 0.6 is 0 Å². The number of oxazole rings is 1. The molecule has 1 amide bonds. The van der Waals surface area contributed by atoms with Gasteiger partial charge < -0.3 is 23.9 Å². The second-order valence-electron chi connectivity index (χ2n) is 9.06. The molecule has 1 N–H and O–H groups in total. The molecule has 8 nitrogen and oxygen atoms in total. The van der Waals surface area contributed by atoms with Crippen LogP contribution < -0.4 is 10.1 Å². The van der Waals surface area contributed by atoms with E-state index >= 15 is 0 Å². The first-order chi connectivity index (χ1) is 16.6. The Morgan fingerprint density at radius 1 is 1.06 bits per heavy atom. The summed E-state index contributed by atoms with van der Waals surface area (Å²) in [6.45, 7) is 7.60. The second-order valence-corrected chi connectivity index (χ2v) is 9.06. The van der Waals surface area contributed by atoms with E-state index in [1.54, 1.807) is 20.8 Å². The van der Waals surface area contributed by atoms with Crippen molar-refractivity contribution in [2.75, 3.05) is 13.7 Å². The lowest BCUT2D eigenvalue weighted by Crippen LogP contribution is -2.45. The molecule has 186 valence electrons. The second kappa shape index (κ2) is 11.6. The number of carbonyl (C=O) groups is 2. The zero-order valence-corrected chi connectivity index (χ0v) is 20.8. The van der Waals surface area contributed by atoms with Crippen molar-refractivity contribution in [1.82, 2.24) is 10.3 Å². The summed E-state index contributed by atoms with van der Waals surface area (Å²) in [6, 6.07) is 16.2. The van der Waals surface area contributed by atoms with Gasteiger partial charge in [0.15, 0.2) is 0 Å². The number of carbonyl (C=O) groups excluding carboxylic acids is 2. The maximum absolute atomic E-state index is 12.1. The zero-order chi connectivity index (χ0) is 25.4. The molecule has 0 radical (unpaired) electrons. The smallest absolute Gasteiger partial charge is 0.408 e. The first-order valence-corrected chi connectivity index (χ1v) is 11.5. The van der Waals surface area contributed by atoms with Crippen LogP contribution in [0.2, 0.25) is 0 Å². The largest absolute Gasteiger partial charge is 0.493 e. The van der Waals surface area contributed by atoms with Gasteiger partial charge in [0.25, 0.3) is 0 Å². The average molecular weight is 481 g/mol. The Labute approximate surface area is 205 Å². The van der Waals surface area contributed by atoms with Gasteiger partial charge in [-0.3, -0.25) is 0 Å². The summed E-state index contributed by atoms with van der Waals surface area (Å²) < 4.78 is 21.7. The third kappa shape index (κ3) is 7.88. The number of esters is 1. The van der Waals surface area contributed by atoms with Gasteiger partial charge in [-0.25, -0.2) is 14.6 Å². The van der Waals surface area contributed by atoms with Crippen LogP contribution in [0, 0.1) is 6.92 Å². The first-order valence-electron chi connectivity index (χ1n) is 11.5. The fraction of sp³-hybridized carbons (Fsp3) is 0.370. The third-order valence-corrected chi connectivity index (χ3v) is 5.06. The summed E-state index contributed by atoms with van der Waals surface area (Å²) in [5, 5.41) is 2.58. The van der Waals surface area contributed by atoms with Crippen molar-refractivity contribution < 1.29 is 28.2 Å². The highest BCUT2D eigenvalue weighted by atomic mass is 16.6. The van der Waals surface area contributed by atoms with Gasteiger partial charge >= 0.3 is 12.1 Å². The number of hydrogen-bond donors (Lipinski definition) is 1. The standard InChI is InChI=1S/C27H32N2O6/c1-18-22(28-24(34-18)20-9-7-6-8-10-20)15-16-33-21-13-11-19(12-14-21)17-23(25(30)32-5)29-26(31)35-27(2,3)4/h6-14,23H,15-17H2,1-5H3,(H,29,31)/t23-/m0/s1. The lowest BCUT2D eigenvalue weighted by molar-refractivity contribution is -0.143. The number of aromatic nitrogens is 1. The van der Waals surface area contributed by atoms with E-state index in [1.165, 1.54) is 7.11 Å². The highest BCUT2D eigenvalue weighted by Gasteiger charge is 2.25. The Morgan fingerprint density at radius 3 is 2.37 bits per heavy atom. The van der Waals surface area contributed by atoms with Crippen molar-refractivity contribution >= 4 is 12.1 Å². The van der Waals surface area contributed by atoms with Crippen molar-refractivity contribution in [3.63, 3.8) is 0 Å². The highest BCUT2D eigenvalue weighted by molar-refractivity contribution is 5.81. The molecule has 35 heavy (non-hydrogen) atoms. The maximum atomic E-state index is 12.1. The van der Waals surface area contributed by atoms with Crippen molar-refractivity contribution in [3.8, 4) is 17.2 Å². The minimum atomic E-state index is -0.865. The molecule has 3 aromatic rings.